The van der Waals surface area contributed by atoms with Crippen molar-refractivity contribution in [2.45, 2.75) is 90.2 Å². The monoisotopic (exact) mass is 382 g/mol. The molecule has 0 aromatic heterocycles. The summed E-state index contributed by atoms with van der Waals surface area (Å²) in [6.45, 7) is 7.63. The predicted molar refractivity (Wildman–Crippen MR) is 92.8 cm³/mol. The lowest BCUT2D eigenvalue weighted by Gasteiger charge is -2.59. The van der Waals surface area contributed by atoms with E-state index in [0.717, 1.165) is 25.7 Å². The zero-order valence-electron chi connectivity index (χ0n) is 16.6. The van der Waals surface area contributed by atoms with Gasteiger partial charge in [0.25, 0.3) is 0 Å². The Bertz CT molecular complexity index is 621. The topological polar surface area (TPSA) is 80.3 Å². The molecule has 0 aromatic carbocycles. The summed E-state index contributed by atoms with van der Waals surface area (Å²) in [5.74, 6) is -0.458. The van der Waals surface area contributed by atoms with Crippen molar-refractivity contribution in [3.63, 3.8) is 0 Å². The molecule has 1 aliphatic carbocycles. The highest BCUT2D eigenvalue weighted by molar-refractivity contribution is 5.81. The van der Waals surface area contributed by atoms with Gasteiger partial charge in [0.1, 0.15) is 5.78 Å². The quantitative estimate of drug-likeness (QED) is 0.546. The third-order valence-electron chi connectivity index (χ3n) is 7.03. The SMILES string of the molecule is CC(=O)CCC(=O)O[C@H]1O[C@@H]2O[C@@]3(C)CCC4[C@H](C)CCC([C@H]1C)[C@]42OO3. The Balaban J connectivity index is 1.58. The van der Waals surface area contributed by atoms with E-state index in [1.54, 1.807) is 0 Å². The molecule has 27 heavy (non-hydrogen) atoms. The maximum Gasteiger partial charge on any atom is 0.308 e. The minimum absolute atomic E-state index is 0.0319. The average molecular weight is 382 g/mol. The van der Waals surface area contributed by atoms with Crippen LogP contribution in [0.3, 0.4) is 0 Å². The number of hydrogen-bond acceptors (Lipinski definition) is 7. The van der Waals surface area contributed by atoms with Crippen LogP contribution in [-0.4, -0.2) is 35.7 Å². The Morgan fingerprint density at radius 3 is 2.59 bits per heavy atom. The molecular weight excluding hydrogens is 352 g/mol. The van der Waals surface area contributed by atoms with Crippen LogP contribution in [0.1, 0.15) is 66.2 Å². The van der Waals surface area contributed by atoms with Crippen LogP contribution < -0.4 is 0 Å². The standard InChI is InChI=1S/C20H30O7/c1-11-5-7-15-13(3)17(23-16(22)8-6-12(2)21)24-18-20(15)14(11)9-10-19(4,25-18)26-27-20/h11,13-15,17-18H,5-10H2,1-4H3/t11-,13-,14?,15?,17+,18-,19-,20-/m1/s1. The zero-order chi connectivity index (χ0) is 19.4. The first-order chi connectivity index (χ1) is 12.7. The van der Waals surface area contributed by atoms with Gasteiger partial charge in [0, 0.05) is 24.7 Å². The van der Waals surface area contributed by atoms with Crippen molar-refractivity contribution >= 4 is 11.8 Å². The molecule has 4 heterocycles. The van der Waals surface area contributed by atoms with Crippen molar-refractivity contribution in [2.75, 3.05) is 0 Å². The maximum atomic E-state index is 12.2. The summed E-state index contributed by atoms with van der Waals surface area (Å²) in [4.78, 5) is 35.1. The van der Waals surface area contributed by atoms with Gasteiger partial charge in [-0.1, -0.05) is 13.8 Å². The van der Waals surface area contributed by atoms with Crippen LogP contribution in [0.15, 0.2) is 0 Å². The minimum Gasteiger partial charge on any atom is -0.435 e. The van der Waals surface area contributed by atoms with Crippen LogP contribution in [0.2, 0.25) is 0 Å². The first-order valence-electron chi connectivity index (χ1n) is 10.1. The molecule has 0 amide bonds. The number of esters is 1. The summed E-state index contributed by atoms with van der Waals surface area (Å²) in [6, 6.07) is 0. The molecule has 152 valence electrons. The van der Waals surface area contributed by atoms with Gasteiger partial charge >= 0.3 is 5.97 Å². The summed E-state index contributed by atoms with van der Waals surface area (Å²) in [5.41, 5.74) is -0.657. The molecule has 2 bridgehead atoms. The van der Waals surface area contributed by atoms with Crippen molar-refractivity contribution in [1.82, 2.24) is 0 Å². The third kappa shape index (κ3) is 3.12. The Morgan fingerprint density at radius 2 is 1.85 bits per heavy atom. The number of carbonyl (C=O) groups excluding carboxylic acids is 2. The zero-order valence-corrected chi connectivity index (χ0v) is 16.6. The number of hydrogen-bond donors (Lipinski definition) is 0. The summed E-state index contributed by atoms with van der Waals surface area (Å²) in [5, 5.41) is 0. The molecule has 7 heteroatoms. The van der Waals surface area contributed by atoms with Gasteiger partial charge in [-0.25, -0.2) is 9.78 Å². The van der Waals surface area contributed by atoms with Crippen molar-refractivity contribution in [1.29, 1.82) is 0 Å². The smallest absolute Gasteiger partial charge is 0.308 e. The lowest BCUT2D eigenvalue weighted by molar-refractivity contribution is -0.576. The lowest BCUT2D eigenvalue weighted by Crippen LogP contribution is -2.70. The summed E-state index contributed by atoms with van der Waals surface area (Å²) in [7, 11) is 0. The molecule has 0 N–H and O–H groups in total. The van der Waals surface area contributed by atoms with E-state index in [4.69, 9.17) is 24.0 Å². The predicted octanol–water partition coefficient (Wildman–Crippen LogP) is 3.11. The van der Waals surface area contributed by atoms with E-state index in [1.807, 2.05) is 13.8 Å². The number of rotatable bonds is 4. The van der Waals surface area contributed by atoms with Crippen molar-refractivity contribution in [2.24, 2.45) is 23.7 Å². The second-order valence-corrected chi connectivity index (χ2v) is 8.97. The van der Waals surface area contributed by atoms with E-state index in [2.05, 4.69) is 6.92 Å². The average Bonchev–Trinajstić information content (AvgIpc) is 2.84. The minimum atomic E-state index is -0.846. The normalized spacial score (nSPS) is 48.4. The van der Waals surface area contributed by atoms with E-state index in [1.165, 1.54) is 6.92 Å². The van der Waals surface area contributed by atoms with E-state index >= 15 is 0 Å². The molecule has 5 rings (SSSR count). The van der Waals surface area contributed by atoms with Gasteiger partial charge in [-0.05, 0) is 44.9 Å². The number of carbonyl (C=O) groups is 2. The number of ether oxygens (including phenoxy) is 3. The van der Waals surface area contributed by atoms with Gasteiger partial charge in [-0.2, -0.15) is 0 Å². The molecule has 1 saturated carbocycles. The van der Waals surface area contributed by atoms with Crippen LogP contribution >= 0.6 is 0 Å². The van der Waals surface area contributed by atoms with Gasteiger partial charge in [-0.3, -0.25) is 4.79 Å². The first kappa shape index (κ1) is 19.3. The van der Waals surface area contributed by atoms with E-state index in [0.29, 0.717) is 5.92 Å². The summed E-state index contributed by atoms with van der Waals surface area (Å²) in [6.07, 6.45) is 2.67. The number of fused-ring (bicyclic) bond motifs is 2. The molecule has 5 aliphatic rings. The van der Waals surface area contributed by atoms with Gasteiger partial charge in [0.15, 0.2) is 11.9 Å². The Kier molecular flexibility index (Phi) is 4.86. The maximum absolute atomic E-state index is 12.2. The van der Waals surface area contributed by atoms with Gasteiger partial charge in [0.2, 0.25) is 12.1 Å². The van der Waals surface area contributed by atoms with Gasteiger partial charge < -0.3 is 19.0 Å². The highest BCUT2D eigenvalue weighted by atomic mass is 17.3. The lowest BCUT2D eigenvalue weighted by atomic mass is 9.58. The molecule has 4 saturated heterocycles. The number of Topliss-reactive ketones (excluding diaryl/α,β-unsaturated/α-hetero) is 1. The van der Waals surface area contributed by atoms with Crippen LogP contribution in [0, 0.1) is 23.7 Å². The van der Waals surface area contributed by atoms with Crippen molar-refractivity contribution in [3.05, 3.63) is 0 Å². The van der Waals surface area contributed by atoms with Gasteiger partial charge in [0.05, 0.1) is 6.42 Å². The first-order valence-corrected chi connectivity index (χ1v) is 10.1. The largest absolute Gasteiger partial charge is 0.435 e. The van der Waals surface area contributed by atoms with Crippen LogP contribution in [0.5, 0.6) is 0 Å². The summed E-state index contributed by atoms with van der Waals surface area (Å²) < 4.78 is 18.0. The molecule has 4 aliphatic heterocycles. The Labute approximate surface area is 159 Å². The third-order valence-corrected chi connectivity index (χ3v) is 7.03. The molecular formula is C20H30O7. The van der Waals surface area contributed by atoms with Crippen LogP contribution in [-0.2, 0) is 33.6 Å². The molecule has 1 spiro atoms. The molecule has 2 unspecified atom stereocenters. The molecule has 5 fully saturated rings. The Morgan fingerprint density at radius 1 is 1.07 bits per heavy atom. The molecule has 0 radical (unpaired) electrons. The van der Waals surface area contributed by atoms with Crippen LogP contribution in [0.4, 0.5) is 0 Å². The fourth-order valence-electron chi connectivity index (χ4n) is 5.47. The second-order valence-electron chi connectivity index (χ2n) is 8.97. The van der Waals surface area contributed by atoms with E-state index < -0.39 is 29.9 Å². The molecule has 8 atom stereocenters. The number of ketones is 1. The highest BCUT2D eigenvalue weighted by Gasteiger charge is 2.69. The second kappa shape index (κ2) is 6.79. The van der Waals surface area contributed by atoms with E-state index in [9.17, 15) is 9.59 Å². The summed E-state index contributed by atoms with van der Waals surface area (Å²) >= 11 is 0. The van der Waals surface area contributed by atoms with Crippen LogP contribution in [0.25, 0.3) is 0 Å². The molecule has 7 nitrogen and oxygen atoms in total. The fourth-order valence-corrected chi connectivity index (χ4v) is 5.47. The Hall–Kier alpha value is -1.02. The molecule has 0 aromatic rings. The highest BCUT2D eigenvalue weighted by Crippen LogP contribution is 2.60. The van der Waals surface area contributed by atoms with Crippen molar-refractivity contribution in [3.8, 4) is 0 Å². The van der Waals surface area contributed by atoms with Crippen molar-refractivity contribution < 1.29 is 33.6 Å². The van der Waals surface area contributed by atoms with E-state index in [-0.39, 0.29) is 36.4 Å². The van der Waals surface area contributed by atoms with Gasteiger partial charge in [-0.15, -0.1) is 0 Å². The fraction of sp³-hybridized carbons (Fsp3) is 0.900.